The standard InChI is InChI=1S/C7H15N.2C2F6NO4S2/c1-2-5-8-6-3-4-7-8;2*3-1(4,5)14(10,11)9-15(12,13)2(6,7)8/h2-7H2,1H3;;/q;2*-1. The second-order valence-corrected chi connectivity index (χ2v) is 13.2. The molecule has 38 heavy (non-hydrogen) atoms. The summed E-state index contributed by atoms with van der Waals surface area (Å²) >= 11 is 0. The molecular weight excluding hydrogens is 658 g/mol. The SMILES string of the molecule is CCCN1CCCC1.O=S(=O)([N-]S(=O)(=O)C(F)(F)F)C(F)(F)F.O=S(=O)([N-]S(=O)(=O)C(F)(F)F)C(F)(F)F. The molecule has 232 valence electrons. The molecule has 1 aliphatic heterocycles. The van der Waals surface area contributed by atoms with Gasteiger partial charge in [-0.1, -0.05) is 6.92 Å². The van der Waals surface area contributed by atoms with E-state index in [2.05, 4.69) is 11.8 Å². The van der Waals surface area contributed by atoms with Crippen molar-refractivity contribution >= 4 is 40.1 Å². The fourth-order valence-electron chi connectivity index (χ4n) is 1.75. The first-order chi connectivity index (χ1) is 16.3. The number of alkyl halides is 12. The number of hydrogen-bond donors (Lipinski definition) is 0. The highest BCUT2D eigenvalue weighted by molar-refractivity contribution is 8.13. The highest BCUT2D eigenvalue weighted by Gasteiger charge is 2.48. The van der Waals surface area contributed by atoms with Crippen LogP contribution in [-0.4, -0.2) is 80.2 Å². The molecule has 0 N–H and O–H groups in total. The second-order valence-electron chi connectivity index (χ2n) is 6.38. The molecule has 0 aromatic carbocycles. The Morgan fingerprint density at radius 3 is 0.895 bits per heavy atom. The smallest absolute Gasteiger partial charge is 0.421 e. The minimum atomic E-state index is -6.72. The fraction of sp³-hybridized carbons (Fsp3) is 1.00. The highest BCUT2D eigenvalue weighted by Crippen LogP contribution is 2.37. The normalized spacial score (nSPS) is 16.8. The Hall–Kier alpha value is -1.16. The lowest BCUT2D eigenvalue weighted by Crippen LogP contribution is -2.30. The van der Waals surface area contributed by atoms with Crippen LogP contribution in [-0.2, 0) is 40.1 Å². The maximum Gasteiger partial charge on any atom is 0.480 e. The van der Waals surface area contributed by atoms with Gasteiger partial charge in [-0.3, -0.25) is 0 Å². The summed E-state index contributed by atoms with van der Waals surface area (Å²) in [4.78, 5) is 2.54. The van der Waals surface area contributed by atoms with E-state index in [4.69, 9.17) is 0 Å². The quantitative estimate of drug-likeness (QED) is 0.383. The van der Waals surface area contributed by atoms with Crippen LogP contribution in [0.25, 0.3) is 8.25 Å². The average Bonchev–Trinajstić information content (AvgIpc) is 3.10. The first kappa shape index (κ1) is 39.0. The lowest BCUT2D eigenvalue weighted by Gasteiger charge is -2.22. The maximum absolute atomic E-state index is 11.4. The number of likely N-dealkylation sites (tertiary alicyclic amines) is 1. The third-order valence-electron chi connectivity index (χ3n) is 3.30. The molecule has 0 aromatic rings. The Bertz CT molecular complexity index is 1010. The third-order valence-corrected chi connectivity index (χ3v) is 8.78. The van der Waals surface area contributed by atoms with Crippen LogP contribution >= 0.6 is 0 Å². The molecule has 1 heterocycles. The first-order valence-corrected chi connectivity index (χ1v) is 14.6. The summed E-state index contributed by atoms with van der Waals surface area (Å²) in [5.41, 5.74) is -24.8. The summed E-state index contributed by atoms with van der Waals surface area (Å²) in [6.07, 6.45) is 4.18. The van der Waals surface area contributed by atoms with Crippen molar-refractivity contribution in [1.82, 2.24) is 4.90 Å². The molecule has 1 rings (SSSR count). The molecular formula is C11H15F12N3O8S4-2. The van der Waals surface area contributed by atoms with E-state index >= 15 is 0 Å². The summed E-state index contributed by atoms with van der Waals surface area (Å²) in [5, 5.41) is 0. The zero-order chi connectivity index (χ0) is 31.2. The maximum atomic E-state index is 11.4. The van der Waals surface area contributed by atoms with E-state index in [-0.39, 0.29) is 0 Å². The Morgan fingerprint density at radius 2 is 0.737 bits per heavy atom. The van der Waals surface area contributed by atoms with Gasteiger partial charge in [-0.15, -0.1) is 0 Å². The summed E-state index contributed by atoms with van der Waals surface area (Å²) in [6.45, 7) is 6.28. The van der Waals surface area contributed by atoms with Gasteiger partial charge in [0.2, 0.25) is 0 Å². The topological polar surface area (TPSA) is 168 Å². The zero-order valence-electron chi connectivity index (χ0n) is 18.0. The molecule has 0 amide bonds. The number of rotatable bonds is 6. The van der Waals surface area contributed by atoms with Crippen LogP contribution in [0.2, 0.25) is 0 Å². The molecule has 11 nitrogen and oxygen atoms in total. The Morgan fingerprint density at radius 1 is 0.526 bits per heavy atom. The van der Waals surface area contributed by atoms with E-state index in [0.717, 1.165) is 8.25 Å². The molecule has 0 aliphatic carbocycles. The number of halogens is 12. The number of nitrogens with zero attached hydrogens (tertiary/aromatic N) is 3. The van der Waals surface area contributed by atoms with Gasteiger partial charge in [-0.25, -0.2) is 33.7 Å². The molecule has 0 bridgehead atoms. The minimum absolute atomic E-state index is 0.778. The Balaban J connectivity index is 0. The van der Waals surface area contributed by atoms with Crippen molar-refractivity contribution in [2.75, 3.05) is 19.6 Å². The van der Waals surface area contributed by atoms with E-state index in [1.807, 2.05) is 0 Å². The molecule has 0 saturated carbocycles. The zero-order valence-corrected chi connectivity index (χ0v) is 21.3. The predicted octanol–water partition coefficient (Wildman–Crippen LogP) is 3.61. The van der Waals surface area contributed by atoms with Gasteiger partial charge in [-0.2, -0.15) is 52.7 Å². The predicted molar refractivity (Wildman–Crippen MR) is 103 cm³/mol. The summed E-state index contributed by atoms with van der Waals surface area (Å²) in [6, 6.07) is 0. The van der Waals surface area contributed by atoms with E-state index in [9.17, 15) is 86.4 Å². The van der Waals surface area contributed by atoms with Crippen LogP contribution in [0.1, 0.15) is 26.2 Å². The minimum Gasteiger partial charge on any atom is -0.421 e. The Labute approximate surface area is 207 Å². The monoisotopic (exact) mass is 673 g/mol. The fourth-order valence-corrected chi connectivity index (χ4v) is 5.17. The molecule has 1 aliphatic rings. The third kappa shape index (κ3) is 12.3. The van der Waals surface area contributed by atoms with E-state index in [1.165, 1.54) is 38.9 Å². The molecule has 27 heteroatoms. The van der Waals surface area contributed by atoms with Gasteiger partial charge in [-0.05, 0) is 38.9 Å². The second kappa shape index (κ2) is 13.0. The average molecular weight is 673 g/mol. The molecule has 1 fully saturated rings. The van der Waals surface area contributed by atoms with Crippen molar-refractivity contribution < 1.29 is 86.4 Å². The van der Waals surface area contributed by atoms with Gasteiger partial charge in [0.1, 0.15) is 0 Å². The molecule has 0 unspecified atom stereocenters. The summed E-state index contributed by atoms with van der Waals surface area (Å²) in [7, 11) is -26.9. The van der Waals surface area contributed by atoms with E-state index in [0.29, 0.717) is 0 Å². The molecule has 0 radical (unpaired) electrons. The van der Waals surface area contributed by atoms with Gasteiger partial charge in [0.15, 0.2) is 40.1 Å². The van der Waals surface area contributed by atoms with Gasteiger partial charge in [0.25, 0.3) is 0 Å². The van der Waals surface area contributed by atoms with Crippen LogP contribution in [0.4, 0.5) is 52.7 Å². The van der Waals surface area contributed by atoms with Crippen molar-refractivity contribution in [1.29, 1.82) is 0 Å². The van der Waals surface area contributed by atoms with Crippen molar-refractivity contribution in [3.05, 3.63) is 8.25 Å². The van der Waals surface area contributed by atoms with Crippen LogP contribution < -0.4 is 0 Å². The van der Waals surface area contributed by atoms with Crippen LogP contribution in [0.3, 0.4) is 0 Å². The lowest BCUT2D eigenvalue weighted by atomic mass is 10.4. The number of sulfonamides is 4. The Kier molecular flexibility index (Phi) is 13.3. The van der Waals surface area contributed by atoms with Crippen molar-refractivity contribution in [3.8, 4) is 0 Å². The van der Waals surface area contributed by atoms with E-state index in [1.54, 1.807) is 0 Å². The van der Waals surface area contributed by atoms with Crippen molar-refractivity contribution in [2.45, 2.75) is 48.2 Å². The highest BCUT2D eigenvalue weighted by atomic mass is 32.3. The molecule has 0 spiro atoms. The van der Waals surface area contributed by atoms with Crippen LogP contribution in [0, 0.1) is 0 Å². The molecule has 0 atom stereocenters. The van der Waals surface area contributed by atoms with Gasteiger partial charge in [0, 0.05) is 0 Å². The van der Waals surface area contributed by atoms with E-state index < -0.39 is 62.1 Å². The molecule has 0 aromatic heterocycles. The summed E-state index contributed by atoms with van der Waals surface area (Å²) in [5.74, 6) is 0. The van der Waals surface area contributed by atoms with Crippen LogP contribution in [0.15, 0.2) is 0 Å². The van der Waals surface area contributed by atoms with Crippen LogP contribution in [0.5, 0.6) is 0 Å². The van der Waals surface area contributed by atoms with Gasteiger partial charge < -0.3 is 13.2 Å². The lowest BCUT2D eigenvalue weighted by molar-refractivity contribution is -0.0456. The van der Waals surface area contributed by atoms with Crippen molar-refractivity contribution in [2.24, 2.45) is 0 Å². The largest absolute Gasteiger partial charge is 0.480 e. The van der Waals surface area contributed by atoms with Crippen molar-refractivity contribution in [3.63, 3.8) is 0 Å². The molecule has 1 saturated heterocycles. The number of hydrogen-bond acceptors (Lipinski definition) is 9. The summed E-state index contributed by atoms with van der Waals surface area (Å²) < 4.78 is 218. The van der Waals surface area contributed by atoms with Gasteiger partial charge >= 0.3 is 22.0 Å². The van der Waals surface area contributed by atoms with Gasteiger partial charge in [0.05, 0.1) is 0 Å². The first-order valence-electron chi connectivity index (χ1n) is 8.80.